The monoisotopic (exact) mass is 368 g/mol. The molecule has 0 saturated heterocycles. The maximum Gasteiger partial charge on any atom is 0.222 e. The van der Waals surface area contributed by atoms with Gasteiger partial charge in [0, 0.05) is 18.5 Å². The SMILES string of the molecule is COc1cccc(C(NC(=O)CCN)c2cc(F)ccc2OC)c1.Cl. The van der Waals surface area contributed by atoms with Crippen LogP contribution >= 0.6 is 12.4 Å². The van der Waals surface area contributed by atoms with Crippen LogP contribution < -0.4 is 20.5 Å². The molecule has 0 fully saturated rings. The van der Waals surface area contributed by atoms with Crippen LogP contribution in [0.15, 0.2) is 42.5 Å². The molecular weight excluding hydrogens is 347 g/mol. The lowest BCUT2D eigenvalue weighted by atomic mass is 9.97. The van der Waals surface area contributed by atoms with Gasteiger partial charge in [-0.2, -0.15) is 0 Å². The minimum Gasteiger partial charge on any atom is -0.497 e. The Hall–Kier alpha value is -2.31. The lowest BCUT2D eigenvalue weighted by Crippen LogP contribution is -2.31. The number of benzene rings is 2. The number of ether oxygens (including phenoxy) is 2. The van der Waals surface area contributed by atoms with Gasteiger partial charge < -0.3 is 20.5 Å². The zero-order valence-electron chi connectivity index (χ0n) is 14.1. The molecule has 1 amide bonds. The Labute approximate surface area is 152 Å². The molecule has 1 atom stereocenters. The van der Waals surface area contributed by atoms with Crippen molar-refractivity contribution in [1.29, 1.82) is 0 Å². The Bertz CT molecular complexity index is 712. The molecule has 2 aromatic rings. The maximum absolute atomic E-state index is 13.8. The second kappa shape index (κ2) is 9.86. The largest absolute Gasteiger partial charge is 0.497 e. The molecule has 0 radical (unpaired) electrons. The third-order valence-corrected chi connectivity index (χ3v) is 3.61. The summed E-state index contributed by atoms with van der Waals surface area (Å²) in [5.41, 5.74) is 6.72. The van der Waals surface area contributed by atoms with Crippen molar-refractivity contribution in [3.63, 3.8) is 0 Å². The first-order valence-electron chi connectivity index (χ1n) is 7.56. The molecule has 0 aromatic heterocycles. The fourth-order valence-corrected chi connectivity index (χ4v) is 2.46. The number of nitrogens with one attached hydrogen (secondary N) is 1. The van der Waals surface area contributed by atoms with Crippen molar-refractivity contribution in [2.24, 2.45) is 5.73 Å². The summed E-state index contributed by atoms with van der Waals surface area (Å²) in [6.07, 6.45) is 0.179. The first-order valence-corrected chi connectivity index (χ1v) is 7.56. The Morgan fingerprint density at radius 2 is 1.96 bits per heavy atom. The maximum atomic E-state index is 13.8. The molecule has 136 valence electrons. The Balaban J connectivity index is 0.00000312. The number of hydrogen-bond acceptors (Lipinski definition) is 4. The van der Waals surface area contributed by atoms with Crippen molar-refractivity contribution in [1.82, 2.24) is 5.32 Å². The molecule has 1 unspecified atom stereocenters. The number of carbonyl (C=O) groups excluding carboxylic acids is 1. The molecule has 0 heterocycles. The molecule has 25 heavy (non-hydrogen) atoms. The summed E-state index contributed by atoms with van der Waals surface area (Å²) in [6.45, 7) is 0.233. The van der Waals surface area contributed by atoms with Crippen LogP contribution in [-0.2, 0) is 4.79 Å². The molecule has 0 bridgehead atoms. The van der Waals surface area contributed by atoms with Crippen LogP contribution in [0.2, 0.25) is 0 Å². The fraction of sp³-hybridized carbons (Fsp3) is 0.278. The quantitative estimate of drug-likeness (QED) is 0.788. The van der Waals surface area contributed by atoms with Gasteiger partial charge in [0.1, 0.15) is 17.3 Å². The van der Waals surface area contributed by atoms with Crippen molar-refractivity contribution in [3.8, 4) is 11.5 Å². The van der Waals surface area contributed by atoms with Crippen LogP contribution in [0.25, 0.3) is 0 Å². The van der Waals surface area contributed by atoms with Crippen molar-refractivity contribution in [3.05, 3.63) is 59.4 Å². The summed E-state index contributed by atoms with van der Waals surface area (Å²) >= 11 is 0. The number of amides is 1. The summed E-state index contributed by atoms with van der Waals surface area (Å²) in [7, 11) is 3.06. The van der Waals surface area contributed by atoms with E-state index in [1.54, 1.807) is 19.2 Å². The van der Waals surface area contributed by atoms with E-state index >= 15 is 0 Å². The number of nitrogens with two attached hydrogens (primary N) is 1. The minimum absolute atomic E-state index is 0. The van der Waals surface area contributed by atoms with Crippen LogP contribution in [0.3, 0.4) is 0 Å². The van der Waals surface area contributed by atoms with Gasteiger partial charge >= 0.3 is 0 Å². The summed E-state index contributed by atoms with van der Waals surface area (Å²) in [5.74, 6) is 0.488. The minimum atomic E-state index is -0.579. The van der Waals surface area contributed by atoms with Crippen LogP contribution in [0.4, 0.5) is 4.39 Å². The number of halogens is 2. The molecule has 2 aromatic carbocycles. The molecule has 0 aliphatic carbocycles. The predicted molar refractivity (Wildman–Crippen MR) is 96.9 cm³/mol. The fourth-order valence-electron chi connectivity index (χ4n) is 2.46. The van der Waals surface area contributed by atoms with E-state index in [9.17, 15) is 9.18 Å². The molecule has 2 rings (SSSR count). The number of hydrogen-bond donors (Lipinski definition) is 2. The standard InChI is InChI=1S/C18H21FN2O3.ClH/c1-23-14-5-3-4-12(10-14)18(21-17(22)8-9-20)15-11-13(19)6-7-16(15)24-2;/h3-7,10-11,18H,8-9,20H2,1-2H3,(H,21,22);1H. The molecular formula is C18H22ClFN2O3. The van der Waals surface area contributed by atoms with E-state index in [0.717, 1.165) is 5.56 Å². The van der Waals surface area contributed by atoms with Crippen molar-refractivity contribution >= 4 is 18.3 Å². The van der Waals surface area contributed by atoms with Gasteiger partial charge in [0.05, 0.1) is 20.3 Å². The highest BCUT2D eigenvalue weighted by Gasteiger charge is 2.21. The molecule has 5 nitrogen and oxygen atoms in total. The van der Waals surface area contributed by atoms with E-state index in [2.05, 4.69) is 5.32 Å². The van der Waals surface area contributed by atoms with E-state index in [1.165, 1.54) is 25.3 Å². The average molecular weight is 369 g/mol. The van der Waals surface area contributed by atoms with E-state index < -0.39 is 11.9 Å². The third-order valence-electron chi connectivity index (χ3n) is 3.61. The van der Waals surface area contributed by atoms with E-state index in [0.29, 0.717) is 17.1 Å². The zero-order chi connectivity index (χ0) is 17.5. The molecule has 7 heteroatoms. The topological polar surface area (TPSA) is 73.6 Å². The van der Waals surface area contributed by atoms with Gasteiger partial charge in [0.25, 0.3) is 0 Å². The smallest absolute Gasteiger partial charge is 0.222 e. The van der Waals surface area contributed by atoms with Crippen LogP contribution in [-0.4, -0.2) is 26.7 Å². The van der Waals surface area contributed by atoms with Crippen LogP contribution in [0.5, 0.6) is 11.5 Å². The van der Waals surface area contributed by atoms with E-state index in [1.807, 2.05) is 12.1 Å². The first kappa shape index (κ1) is 20.7. The summed E-state index contributed by atoms with van der Waals surface area (Å²) in [5, 5.41) is 2.88. The molecule has 0 aliphatic rings. The summed E-state index contributed by atoms with van der Waals surface area (Å²) in [4.78, 5) is 12.1. The average Bonchev–Trinajstić information content (AvgIpc) is 2.60. The molecule has 0 spiro atoms. The third kappa shape index (κ3) is 5.34. The highest BCUT2D eigenvalue weighted by atomic mass is 35.5. The van der Waals surface area contributed by atoms with Gasteiger partial charge in [-0.25, -0.2) is 4.39 Å². The second-order valence-electron chi connectivity index (χ2n) is 5.20. The highest BCUT2D eigenvalue weighted by Crippen LogP contribution is 2.32. The van der Waals surface area contributed by atoms with Crippen LogP contribution in [0, 0.1) is 5.82 Å². The van der Waals surface area contributed by atoms with Gasteiger partial charge in [-0.15, -0.1) is 12.4 Å². The van der Waals surface area contributed by atoms with E-state index in [-0.39, 0.29) is 31.3 Å². The van der Waals surface area contributed by atoms with Gasteiger partial charge in [-0.05, 0) is 35.9 Å². The van der Waals surface area contributed by atoms with Crippen molar-refractivity contribution in [2.45, 2.75) is 12.5 Å². The van der Waals surface area contributed by atoms with Gasteiger partial charge in [0.15, 0.2) is 0 Å². The Morgan fingerprint density at radius 1 is 1.20 bits per heavy atom. The second-order valence-corrected chi connectivity index (χ2v) is 5.20. The van der Waals surface area contributed by atoms with Crippen LogP contribution in [0.1, 0.15) is 23.6 Å². The van der Waals surface area contributed by atoms with Gasteiger partial charge in [0.2, 0.25) is 5.91 Å². The zero-order valence-corrected chi connectivity index (χ0v) is 14.9. The Morgan fingerprint density at radius 3 is 2.60 bits per heavy atom. The summed E-state index contributed by atoms with van der Waals surface area (Å²) in [6, 6.07) is 10.8. The lowest BCUT2D eigenvalue weighted by molar-refractivity contribution is -0.121. The molecule has 0 saturated carbocycles. The molecule has 3 N–H and O–H groups in total. The Kier molecular flexibility index (Phi) is 8.18. The highest BCUT2D eigenvalue weighted by molar-refractivity contribution is 5.85. The summed E-state index contributed by atoms with van der Waals surface area (Å²) < 4.78 is 24.3. The number of rotatable bonds is 7. The van der Waals surface area contributed by atoms with Crippen molar-refractivity contribution in [2.75, 3.05) is 20.8 Å². The first-order chi connectivity index (χ1) is 11.6. The van der Waals surface area contributed by atoms with Gasteiger partial charge in [-0.1, -0.05) is 12.1 Å². The predicted octanol–water partition coefficient (Wildman–Crippen LogP) is 2.82. The number of methoxy groups -OCH3 is 2. The molecule has 0 aliphatic heterocycles. The van der Waals surface area contributed by atoms with E-state index in [4.69, 9.17) is 15.2 Å². The number of carbonyl (C=O) groups is 1. The van der Waals surface area contributed by atoms with Crippen molar-refractivity contribution < 1.29 is 18.7 Å². The lowest BCUT2D eigenvalue weighted by Gasteiger charge is -2.22. The van der Waals surface area contributed by atoms with Gasteiger partial charge in [-0.3, -0.25) is 4.79 Å². The normalized spacial score (nSPS) is 11.2.